The number of carbonyl (C=O) groups excluding carboxylic acids is 1. The molecule has 0 saturated carbocycles. The Balaban J connectivity index is 1.54. The molecular weight excluding hydrogens is 355 g/mol. The molecular formula is C19H16ClFN4O. The third-order valence-electron chi connectivity index (χ3n) is 3.52. The summed E-state index contributed by atoms with van der Waals surface area (Å²) in [4.78, 5) is 16.2. The molecule has 132 valence electrons. The maximum absolute atomic E-state index is 13.6. The Kier molecular flexibility index (Phi) is 5.66. The Labute approximate surface area is 155 Å². The smallest absolute Gasteiger partial charge is 0.323 e. The molecule has 0 spiro atoms. The van der Waals surface area contributed by atoms with Gasteiger partial charge in [-0.3, -0.25) is 0 Å². The fraction of sp³-hybridized carbons (Fsp3) is 0.0526. The largest absolute Gasteiger partial charge is 0.366 e. The number of halogens is 2. The fourth-order valence-corrected chi connectivity index (χ4v) is 2.45. The van der Waals surface area contributed by atoms with E-state index in [0.717, 1.165) is 0 Å². The van der Waals surface area contributed by atoms with Crippen molar-refractivity contribution in [2.24, 2.45) is 0 Å². The molecule has 3 N–H and O–H groups in total. The van der Waals surface area contributed by atoms with Crippen LogP contribution in [0.15, 0.2) is 66.9 Å². The first-order valence-electron chi connectivity index (χ1n) is 7.87. The lowest BCUT2D eigenvalue weighted by Crippen LogP contribution is -2.19. The number of carbonyl (C=O) groups is 1. The van der Waals surface area contributed by atoms with Crippen LogP contribution in [0.1, 0.15) is 5.56 Å². The zero-order chi connectivity index (χ0) is 18.4. The van der Waals surface area contributed by atoms with Gasteiger partial charge in [0.1, 0.15) is 11.6 Å². The molecule has 0 fully saturated rings. The molecule has 0 radical (unpaired) electrons. The highest BCUT2D eigenvalue weighted by atomic mass is 35.5. The van der Waals surface area contributed by atoms with Crippen molar-refractivity contribution in [2.75, 3.05) is 16.0 Å². The highest BCUT2D eigenvalue weighted by Crippen LogP contribution is 2.16. The molecule has 1 heterocycles. The van der Waals surface area contributed by atoms with Crippen molar-refractivity contribution in [3.05, 3.63) is 83.3 Å². The van der Waals surface area contributed by atoms with Crippen molar-refractivity contribution in [3.63, 3.8) is 0 Å². The molecule has 7 heteroatoms. The van der Waals surface area contributed by atoms with Gasteiger partial charge in [-0.25, -0.2) is 14.2 Å². The van der Waals surface area contributed by atoms with Gasteiger partial charge in [0.25, 0.3) is 0 Å². The summed E-state index contributed by atoms with van der Waals surface area (Å²) >= 11 is 5.88. The molecule has 0 saturated heterocycles. The quantitative estimate of drug-likeness (QED) is 0.583. The predicted octanol–water partition coefficient (Wildman–Crippen LogP) is 5.13. The minimum atomic E-state index is -0.402. The van der Waals surface area contributed by atoms with Crippen LogP contribution in [0.25, 0.3) is 0 Å². The Morgan fingerprint density at radius 3 is 2.54 bits per heavy atom. The fourth-order valence-electron chi connectivity index (χ4n) is 2.26. The van der Waals surface area contributed by atoms with E-state index in [-0.39, 0.29) is 5.82 Å². The Morgan fingerprint density at radius 2 is 1.81 bits per heavy atom. The summed E-state index contributed by atoms with van der Waals surface area (Å²) in [7, 11) is 0. The first-order chi connectivity index (χ1) is 12.6. The van der Waals surface area contributed by atoms with E-state index >= 15 is 0 Å². The van der Waals surface area contributed by atoms with E-state index < -0.39 is 6.03 Å². The van der Waals surface area contributed by atoms with Gasteiger partial charge in [0.15, 0.2) is 0 Å². The van der Waals surface area contributed by atoms with E-state index in [1.54, 1.807) is 54.6 Å². The zero-order valence-electron chi connectivity index (χ0n) is 13.7. The van der Waals surface area contributed by atoms with Gasteiger partial charge in [0.05, 0.1) is 11.9 Å². The first-order valence-corrected chi connectivity index (χ1v) is 8.25. The number of amides is 2. The summed E-state index contributed by atoms with van der Waals surface area (Å²) in [6.45, 7) is 0.321. The topological polar surface area (TPSA) is 66.0 Å². The van der Waals surface area contributed by atoms with Crippen LogP contribution >= 0.6 is 11.6 Å². The van der Waals surface area contributed by atoms with Gasteiger partial charge in [0, 0.05) is 22.8 Å². The average Bonchev–Trinajstić information content (AvgIpc) is 2.62. The van der Waals surface area contributed by atoms with Gasteiger partial charge in [-0.05, 0) is 36.4 Å². The number of aromatic nitrogens is 1. The number of anilines is 3. The van der Waals surface area contributed by atoms with Gasteiger partial charge in [-0.15, -0.1) is 0 Å². The zero-order valence-corrected chi connectivity index (χ0v) is 14.4. The first kappa shape index (κ1) is 17.7. The molecule has 0 bridgehead atoms. The lowest BCUT2D eigenvalue weighted by Gasteiger charge is -2.09. The number of nitrogens with zero attached hydrogens (tertiary/aromatic N) is 1. The maximum atomic E-state index is 13.6. The van der Waals surface area contributed by atoms with Gasteiger partial charge >= 0.3 is 6.03 Å². The van der Waals surface area contributed by atoms with Crippen molar-refractivity contribution in [3.8, 4) is 0 Å². The molecule has 2 amide bonds. The summed E-state index contributed by atoms with van der Waals surface area (Å²) in [6.07, 6.45) is 1.52. The van der Waals surface area contributed by atoms with Crippen molar-refractivity contribution in [1.29, 1.82) is 0 Å². The van der Waals surface area contributed by atoms with E-state index in [2.05, 4.69) is 20.9 Å². The Bertz CT molecular complexity index is 902. The van der Waals surface area contributed by atoms with E-state index in [1.165, 1.54) is 12.3 Å². The summed E-state index contributed by atoms with van der Waals surface area (Å²) in [5.41, 5.74) is 1.67. The minimum absolute atomic E-state index is 0.268. The Morgan fingerprint density at radius 1 is 1.00 bits per heavy atom. The van der Waals surface area contributed by atoms with Crippen LogP contribution in [0, 0.1) is 5.82 Å². The summed E-state index contributed by atoms with van der Waals surface area (Å²) in [5, 5.41) is 8.93. The molecule has 0 aliphatic heterocycles. The second-order valence-electron chi connectivity index (χ2n) is 5.47. The third-order valence-corrected chi connectivity index (χ3v) is 3.76. The lowest BCUT2D eigenvalue weighted by atomic mass is 10.2. The maximum Gasteiger partial charge on any atom is 0.323 e. The van der Waals surface area contributed by atoms with Crippen LogP contribution < -0.4 is 16.0 Å². The van der Waals surface area contributed by atoms with Gasteiger partial charge in [-0.2, -0.15) is 0 Å². The normalized spacial score (nSPS) is 10.2. The summed E-state index contributed by atoms with van der Waals surface area (Å²) < 4.78 is 13.6. The summed E-state index contributed by atoms with van der Waals surface area (Å²) in [5.74, 6) is 0.310. The van der Waals surface area contributed by atoms with Crippen LogP contribution in [-0.2, 0) is 6.54 Å². The van der Waals surface area contributed by atoms with Crippen LogP contribution in [-0.4, -0.2) is 11.0 Å². The molecule has 0 unspecified atom stereocenters. The Hall–Kier alpha value is -3.12. The minimum Gasteiger partial charge on any atom is -0.366 e. The monoisotopic (exact) mass is 370 g/mol. The molecule has 0 atom stereocenters. The van der Waals surface area contributed by atoms with E-state index in [0.29, 0.717) is 34.3 Å². The average molecular weight is 371 g/mol. The van der Waals surface area contributed by atoms with E-state index in [9.17, 15) is 9.18 Å². The number of rotatable bonds is 5. The molecule has 2 aromatic carbocycles. The lowest BCUT2D eigenvalue weighted by molar-refractivity contribution is 0.262. The second kappa shape index (κ2) is 8.31. The number of urea groups is 1. The van der Waals surface area contributed by atoms with Gasteiger partial charge < -0.3 is 16.0 Å². The van der Waals surface area contributed by atoms with E-state index in [1.807, 2.05) is 0 Å². The molecule has 5 nitrogen and oxygen atoms in total. The summed E-state index contributed by atoms with van der Waals surface area (Å²) in [6, 6.07) is 16.4. The number of benzene rings is 2. The molecule has 0 aliphatic rings. The molecule has 1 aromatic heterocycles. The van der Waals surface area contributed by atoms with Crippen molar-refractivity contribution in [1.82, 2.24) is 4.98 Å². The molecule has 3 rings (SSSR count). The van der Waals surface area contributed by atoms with Crippen LogP contribution in [0.5, 0.6) is 0 Å². The molecule has 3 aromatic rings. The molecule has 26 heavy (non-hydrogen) atoms. The van der Waals surface area contributed by atoms with Crippen LogP contribution in [0.4, 0.5) is 26.4 Å². The van der Waals surface area contributed by atoms with Gasteiger partial charge in [0.2, 0.25) is 0 Å². The van der Waals surface area contributed by atoms with Crippen molar-refractivity contribution >= 4 is 34.8 Å². The predicted molar refractivity (Wildman–Crippen MR) is 102 cm³/mol. The SMILES string of the molecule is O=C(Nc1ccc(NCc2ccccc2F)nc1)Nc1cccc(Cl)c1. The highest BCUT2D eigenvalue weighted by molar-refractivity contribution is 6.30. The molecule has 0 aliphatic carbocycles. The number of nitrogens with one attached hydrogen (secondary N) is 3. The standard InChI is InChI=1S/C19H16ClFN4O/c20-14-5-3-6-15(10-14)24-19(26)25-16-8-9-18(23-12-16)22-11-13-4-1-2-7-17(13)21/h1-10,12H,11H2,(H,22,23)(H2,24,25,26). The van der Waals surface area contributed by atoms with Crippen LogP contribution in [0.3, 0.4) is 0 Å². The highest BCUT2D eigenvalue weighted by Gasteiger charge is 2.05. The number of hydrogen-bond donors (Lipinski definition) is 3. The second-order valence-corrected chi connectivity index (χ2v) is 5.90. The van der Waals surface area contributed by atoms with Gasteiger partial charge in [-0.1, -0.05) is 35.9 Å². The number of pyridine rings is 1. The van der Waals surface area contributed by atoms with Crippen LogP contribution in [0.2, 0.25) is 5.02 Å². The third kappa shape index (κ3) is 4.94. The number of hydrogen-bond acceptors (Lipinski definition) is 3. The van der Waals surface area contributed by atoms with E-state index in [4.69, 9.17) is 11.6 Å². The van der Waals surface area contributed by atoms with Crippen molar-refractivity contribution in [2.45, 2.75) is 6.54 Å². The van der Waals surface area contributed by atoms with Crippen molar-refractivity contribution < 1.29 is 9.18 Å².